The Kier molecular flexibility index (Phi) is 5.00. The van der Waals surface area contributed by atoms with Gasteiger partial charge in [-0.15, -0.1) is 0 Å². The van der Waals surface area contributed by atoms with Crippen LogP contribution in [0.15, 0.2) is 29.1 Å². The molecule has 1 fully saturated rings. The quantitative estimate of drug-likeness (QED) is 0.820. The van der Waals surface area contributed by atoms with Crippen molar-refractivity contribution in [1.29, 1.82) is 0 Å². The first kappa shape index (κ1) is 18.2. The molecule has 0 N–H and O–H groups in total. The summed E-state index contributed by atoms with van der Waals surface area (Å²) >= 11 is 0. The van der Waals surface area contributed by atoms with E-state index in [0.717, 1.165) is 16.9 Å². The molecule has 0 saturated heterocycles. The summed E-state index contributed by atoms with van der Waals surface area (Å²) in [7, 11) is 0. The summed E-state index contributed by atoms with van der Waals surface area (Å²) in [5.41, 5.74) is 2.48. The second kappa shape index (κ2) is 7.43. The fourth-order valence-corrected chi connectivity index (χ4v) is 4.39. The third-order valence-electron chi connectivity index (χ3n) is 5.92. The fourth-order valence-electron chi connectivity index (χ4n) is 4.39. The van der Waals surface area contributed by atoms with Gasteiger partial charge in [-0.25, -0.2) is 9.37 Å². The summed E-state index contributed by atoms with van der Waals surface area (Å²) in [6.07, 6.45) is 6.79. The molecule has 1 aliphatic heterocycles. The van der Waals surface area contributed by atoms with E-state index in [2.05, 4.69) is 4.90 Å². The van der Waals surface area contributed by atoms with Crippen LogP contribution in [-0.4, -0.2) is 27.2 Å². The smallest absolute Gasteiger partial charge is 0.259 e. The minimum atomic E-state index is -0.261. The summed E-state index contributed by atoms with van der Waals surface area (Å²) in [6, 6.07) is 6.93. The molecule has 0 bridgehead atoms. The fraction of sp³-hybridized carbons (Fsp3) is 0.524. The molecule has 6 heteroatoms. The largest absolute Gasteiger partial charge is 0.298 e. The highest BCUT2D eigenvalue weighted by molar-refractivity contribution is 5.58. The Morgan fingerprint density at radius 3 is 2.48 bits per heavy atom. The first-order valence-corrected chi connectivity index (χ1v) is 9.96. The highest BCUT2D eigenvalue weighted by Gasteiger charge is 2.31. The second-order valence-corrected chi connectivity index (χ2v) is 7.63. The Labute approximate surface area is 159 Å². The maximum absolute atomic E-state index is 13.4. The lowest BCUT2D eigenvalue weighted by molar-refractivity contribution is 0.107. The number of hydrogen-bond donors (Lipinski definition) is 0. The average molecular weight is 370 g/mol. The maximum atomic E-state index is 13.4. The third kappa shape index (κ3) is 3.38. The van der Waals surface area contributed by atoms with E-state index in [-0.39, 0.29) is 11.4 Å². The van der Waals surface area contributed by atoms with Crippen LogP contribution in [0.1, 0.15) is 50.3 Å². The highest BCUT2D eigenvalue weighted by Crippen LogP contribution is 2.31. The van der Waals surface area contributed by atoms with E-state index in [0.29, 0.717) is 31.7 Å². The molecular formula is C21H27FN4O. The number of hydrogen-bond acceptors (Lipinski definition) is 4. The van der Waals surface area contributed by atoms with Crippen LogP contribution in [0.3, 0.4) is 0 Å². The van der Waals surface area contributed by atoms with Crippen LogP contribution in [0.2, 0.25) is 0 Å². The number of aryl methyl sites for hydroxylation is 1. The Hall–Kier alpha value is -2.21. The van der Waals surface area contributed by atoms with Crippen molar-refractivity contribution in [3.8, 4) is 0 Å². The molecule has 2 heterocycles. The van der Waals surface area contributed by atoms with Gasteiger partial charge in [0.05, 0.1) is 13.3 Å². The normalized spacial score (nSPS) is 18.6. The zero-order chi connectivity index (χ0) is 19.0. The van der Waals surface area contributed by atoms with Gasteiger partial charge in [0.1, 0.15) is 5.82 Å². The van der Waals surface area contributed by atoms with Crippen molar-refractivity contribution in [1.82, 2.24) is 14.5 Å². The molecular weight excluding hydrogens is 343 g/mol. The lowest BCUT2D eigenvalue weighted by Crippen LogP contribution is -2.52. The van der Waals surface area contributed by atoms with Gasteiger partial charge in [0.15, 0.2) is 0 Å². The molecule has 5 nitrogen and oxygen atoms in total. The number of aromatic nitrogens is 2. The van der Waals surface area contributed by atoms with Gasteiger partial charge in [0.25, 0.3) is 5.56 Å². The lowest BCUT2D eigenvalue weighted by Gasteiger charge is -2.43. The zero-order valence-corrected chi connectivity index (χ0v) is 16.1. The molecule has 0 radical (unpaired) electrons. The first-order valence-electron chi connectivity index (χ1n) is 9.96. The molecule has 0 spiro atoms. The predicted octanol–water partition coefficient (Wildman–Crippen LogP) is 3.95. The Balaban J connectivity index is 1.80. The van der Waals surface area contributed by atoms with E-state index in [1.54, 1.807) is 16.7 Å². The van der Waals surface area contributed by atoms with Crippen molar-refractivity contribution in [2.24, 2.45) is 0 Å². The van der Waals surface area contributed by atoms with Crippen molar-refractivity contribution < 1.29 is 4.39 Å². The molecule has 0 amide bonds. The Morgan fingerprint density at radius 2 is 1.81 bits per heavy atom. The molecule has 0 atom stereocenters. The predicted molar refractivity (Wildman–Crippen MR) is 105 cm³/mol. The van der Waals surface area contributed by atoms with E-state index in [9.17, 15) is 9.18 Å². The monoisotopic (exact) mass is 370 g/mol. The van der Waals surface area contributed by atoms with Crippen molar-refractivity contribution in [3.63, 3.8) is 0 Å². The van der Waals surface area contributed by atoms with Crippen molar-refractivity contribution in [2.45, 2.75) is 65.1 Å². The minimum absolute atomic E-state index is 0.0487. The van der Waals surface area contributed by atoms with E-state index >= 15 is 0 Å². The molecule has 2 aromatic rings. The number of fused-ring (bicyclic) bond motifs is 1. The molecule has 4 rings (SSSR count). The van der Waals surface area contributed by atoms with Gasteiger partial charge >= 0.3 is 0 Å². The second-order valence-electron chi connectivity index (χ2n) is 7.63. The van der Waals surface area contributed by atoms with Crippen LogP contribution >= 0.6 is 0 Å². The van der Waals surface area contributed by atoms with Crippen LogP contribution in [0, 0.1) is 12.7 Å². The van der Waals surface area contributed by atoms with E-state index in [1.807, 2.05) is 18.7 Å². The van der Waals surface area contributed by atoms with Crippen LogP contribution in [0.25, 0.3) is 0 Å². The standard InChI is InChI=1S/C21H27FN4O/c1-3-19-15(2)23-21-25(18-11-9-16(22)10-12-18)13-24(14-26(21)20(19)27)17-7-5-4-6-8-17/h9-12,17H,3-8,13-14H2,1-2H3. The lowest BCUT2D eigenvalue weighted by atomic mass is 9.94. The van der Waals surface area contributed by atoms with Gasteiger partial charge < -0.3 is 0 Å². The molecule has 1 aromatic heterocycles. The molecule has 27 heavy (non-hydrogen) atoms. The highest BCUT2D eigenvalue weighted by atomic mass is 19.1. The van der Waals surface area contributed by atoms with Gasteiger partial charge in [-0.3, -0.25) is 19.2 Å². The summed E-state index contributed by atoms with van der Waals surface area (Å²) in [5, 5.41) is 0. The molecule has 144 valence electrons. The molecule has 1 aromatic carbocycles. The van der Waals surface area contributed by atoms with E-state index < -0.39 is 0 Å². The summed E-state index contributed by atoms with van der Waals surface area (Å²) in [6.45, 7) is 5.15. The van der Waals surface area contributed by atoms with Crippen LogP contribution < -0.4 is 10.5 Å². The van der Waals surface area contributed by atoms with Gasteiger partial charge in [-0.2, -0.15) is 0 Å². The van der Waals surface area contributed by atoms with Gasteiger partial charge in [-0.05, 0) is 50.5 Å². The summed E-state index contributed by atoms with van der Waals surface area (Å²) in [4.78, 5) is 22.3. The van der Waals surface area contributed by atoms with Crippen LogP contribution in [0.4, 0.5) is 16.0 Å². The summed E-state index contributed by atoms with van der Waals surface area (Å²) in [5.74, 6) is 0.399. The minimum Gasteiger partial charge on any atom is -0.298 e. The van der Waals surface area contributed by atoms with Gasteiger partial charge in [0, 0.05) is 23.0 Å². The zero-order valence-electron chi connectivity index (χ0n) is 16.1. The van der Waals surface area contributed by atoms with Crippen LogP contribution in [0.5, 0.6) is 0 Å². The Morgan fingerprint density at radius 1 is 1.11 bits per heavy atom. The Bertz CT molecular complexity index is 871. The van der Waals surface area contributed by atoms with Crippen molar-refractivity contribution in [3.05, 3.63) is 51.7 Å². The van der Waals surface area contributed by atoms with Gasteiger partial charge in [-0.1, -0.05) is 26.2 Å². The van der Waals surface area contributed by atoms with Crippen molar-refractivity contribution in [2.75, 3.05) is 11.6 Å². The molecule has 0 unspecified atom stereocenters. The average Bonchev–Trinajstić information content (AvgIpc) is 2.69. The number of nitrogens with zero attached hydrogens (tertiary/aromatic N) is 4. The van der Waals surface area contributed by atoms with E-state index in [1.165, 1.54) is 44.2 Å². The molecule has 1 aliphatic carbocycles. The van der Waals surface area contributed by atoms with Gasteiger partial charge in [0.2, 0.25) is 5.95 Å². The SMILES string of the molecule is CCc1c(C)nc2n(c1=O)CN(C1CCCCC1)CN2c1ccc(F)cc1. The maximum Gasteiger partial charge on any atom is 0.259 e. The first-order chi connectivity index (χ1) is 13.1. The third-order valence-corrected chi connectivity index (χ3v) is 5.92. The number of benzene rings is 1. The number of anilines is 2. The van der Waals surface area contributed by atoms with E-state index in [4.69, 9.17) is 4.98 Å². The number of halogens is 1. The van der Waals surface area contributed by atoms with Crippen molar-refractivity contribution >= 4 is 11.6 Å². The topological polar surface area (TPSA) is 41.4 Å². The number of rotatable bonds is 3. The summed E-state index contributed by atoms with van der Waals surface area (Å²) < 4.78 is 15.2. The van der Waals surface area contributed by atoms with Crippen LogP contribution in [-0.2, 0) is 13.1 Å². The molecule has 2 aliphatic rings. The molecule has 1 saturated carbocycles.